The molecular formula is C22H25Cl4N3O4S. The summed E-state index contributed by atoms with van der Waals surface area (Å²) in [5, 5.41) is 3.82. The van der Waals surface area contributed by atoms with Crippen LogP contribution < -0.4 is 9.62 Å². The molecular weight excluding hydrogens is 544 g/mol. The fourth-order valence-electron chi connectivity index (χ4n) is 3.12. The Kier molecular flexibility index (Phi) is 9.91. The quantitative estimate of drug-likeness (QED) is 0.461. The molecule has 186 valence electrons. The summed E-state index contributed by atoms with van der Waals surface area (Å²) in [7, 11) is -3.90. The smallest absolute Gasteiger partial charge is 0.244 e. The first-order valence-electron chi connectivity index (χ1n) is 10.2. The molecule has 0 saturated heterocycles. The molecule has 0 spiro atoms. The summed E-state index contributed by atoms with van der Waals surface area (Å²) in [4.78, 5) is 27.5. The van der Waals surface area contributed by atoms with Gasteiger partial charge in [0.2, 0.25) is 21.8 Å². The van der Waals surface area contributed by atoms with Crippen molar-refractivity contribution in [1.29, 1.82) is 0 Å². The van der Waals surface area contributed by atoms with Gasteiger partial charge in [-0.2, -0.15) is 0 Å². The Bertz CT molecular complexity index is 1150. The van der Waals surface area contributed by atoms with Crippen LogP contribution in [0.1, 0.15) is 26.3 Å². The van der Waals surface area contributed by atoms with E-state index in [2.05, 4.69) is 5.32 Å². The third-order valence-corrected chi connectivity index (χ3v) is 7.07. The highest BCUT2D eigenvalue weighted by molar-refractivity contribution is 7.92. The molecule has 1 N–H and O–H groups in total. The van der Waals surface area contributed by atoms with Crippen LogP contribution in [-0.4, -0.2) is 50.0 Å². The minimum atomic E-state index is -3.90. The number of amides is 2. The van der Waals surface area contributed by atoms with Gasteiger partial charge in [0, 0.05) is 22.6 Å². The predicted molar refractivity (Wildman–Crippen MR) is 138 cm³/mol. The van der Waals surface area contributed by atoms with E-state index in [9.17, 15) is 18.0 Å². The standard InChI is InChI=1S/C22H25Cl4N3O4S/c1-13(2)27-22(31)14(3)28(11-15-5-6-19(25)20(26)7-15)21(30)12-29(34(4,32)33)18-9-16(23)8-17(24)10-18/h5-10,13-14H,11-12H2,1-4H3,(H,27,31). The van der Waals surface area contributed by atoms with Crippen LogP contribution in [0.4, 0.5) is 5.69 Å². The SMILES string of the molecule is CC(C)NC(=O)C(C)N(Cc1ccc(Cl)c(Cl)c1)C(=O)CN(c1cc(Cl)cc(Cl)c1)S(C)(=O)=O. The number of hydrogen-bond donors (Lipinski definition) is 1. The van der Waals surface area contributed by atoms with Crippen molar-refractivity contribution in [3.63, 3.8) is 0 Å². The summed E-state index contributed by atoms with van der Waals surface area (Å²) >= 11 is 24.2. The van der Waals surface area contributed by atoms with Crippen molar-refractivity contribution in [2.75, 3.05) is 17.1 Å². The van der Waals surface area contributed by atoms with Crippen LogP contribution in [0.2, 0.25) is 20.1 Å². The molecule has 0 saturated carbocycles. The molecule has 2 aromatic rings. The van der Waals surface area contributed by atoms with Crippen molar-refractivity contribution in [2.24, 2.45) is 0 Å². The molecule has 2 aromatic carbocycles. The lowest BCUT2D eigenvalue weighted by molar-refractivity contribution is -0.139. The van der Waals surface area contributed by atoms with Gasteiger partial charge in [0.05, 0.1) is 22.0 Å². The average Bonchev–Trinajstić information content (AvgIpc) is 2.70. The van der Waals surface area contributed by atoms with E-state index in [1.54, 1.807) is 39.0 Å². The topological polar surface area (TPSA) is 86.8 Å². The molecule has 0 radical (unpaired) electrons. The predicted octanol–water partition coefficient (Wildman–Crippen LogP) is 5.01. The van der Waals surface area contributed by atoms with Gasteiger partial charge >= 0.3 is 0 Å². The van der Waals surface area contributed by atoms with E-state index in [0.717, 1.165) is 10.6 Å². The van der Waals surface area contributed by atoms with Gasteiger partial charge in [0.25, 0.3) is 0 Å². The fourth-order valence-corrected chi connectivity index (χ4v) is 4.79. The van der Waals surface area contributed by atoms with Gasteiger partial charge in [0.1, 0.15) is 12.6 Å². The van der Waals surface area contributed by atoms with Crippen LogP contribution in [0, 0.1) is 0 Å². The maximum atomic E-state index is 13.4. The molecule has 2 amide bonds. The zero-order valence-corrected chi connectivity index (χ0v) is 22.8. The molecule has 0 bridgehead atoms. The van der Waals surface area contributed by atoms with Crippen molar-refractivity contribution < 1.29 is 18.0 Å². The van der Waals surface area contributed by atoms with Gasteiger partial charge < -0.3 is 10.2 Å². The summed E-state index contributed by atoms with van der Waals surface area (Å²) in [6.45, 7) is 4.58. The number of halogens is 4. The zero-order chi connectivity index (χ0) is 25.8. The highest BCUT2D eigenvalue weighted by Gasteiger charge is 2.30. The lowest BCUT2D eigenvalue weighted by Gasteiger charge is -2.32. The van der Waals surface area contributed by atoms with Gasteiger partial charge in [-0.25, -0.2) is 8.42 Å². The normalized spacial score (nSPS) is 12.4. The summed E-state index contributed by atoms with van der Waals surface area (Å²) in [5.41, 5.74) is 0.741. The third kappa shape index (κ3) is 7.92. The number of nitrogens with zero attached hydrogens (tertiary/aromatic N) is 2. The van der Waals surface area contributed by atoms with E-state index in [0.29, 0.717) is 10.6 Å². The van der Waals surface area contributed by atoms with Crippen molar-refractivity contribution in [1.82, 2.24) is 10.2 Å². The highest BCUT2D eigenvalue weighted by atomic mass is 35.5. The Hall–Kier alpha value is -1.71. The van der Waals surface area contributed by atoms with Gasteiger partial charge in [0.15, 0.2) is 0 Å². The molecule has 0 aliphatic rings. The number of nitrogens with one attached hydrogen (secondary N) is 1. The molecule has 1 unspecified atom stereocenters. The summed E-state index contributed by atoms with van der Waals surface area (Å²) in [6.07, 6.45) is 0.966. The number of carbonyl (C=O) groups is 2. The Morgan fingerprint density at radius 1 is 0.941 bits per heavy atom. The largest absolute Gasteiger partial charge is 0.352 e. The van der Waals surface area contributed by atoms with Crippen LogP contribution in [-0.2, 0) is 26.2 Å². The molecule has 0 heterocycles. The van der Waals surface area contributed by atoms with Crippen molar-refractivity contribution in [2.45, 2.75) is 39.4 Å². The Balaban J connectivity index is 2.44. The second kappa shape index (κ2) is 11.8. The molecule has 0 fully saturated rings. The zero-order valence-electron chi connectivity index (χ0n) is 19.0. The van der Waals surface area contributed by atoms with E-state index in [1.165, 1.54) is 23.1 Å². The molecule has 0 aliphatic heterocycles. The first kappa shape index (κ1) is 28.5. The van der Waals surface area contributed by atoms with E-state index in [-0.39, 0.29) is 39.2 Å². The number of sulfonamides is 1. The van der Waals surface area contributed by atoms with Crippen molar-refractivity contribution in [3.8, 4) is 0 Å². The van der Waals surface area contributed by atoms with Crippen LogP contribution in [0.5, 0.6) is 0 Å². The molecule has 0 aromatic heterocycles. The fraction of sp³-hybridized carbons (Fsp3) is 0.364. The number of anilines is 1. The summed E-state index contributed by atoms with van der Waals surface area (Å²) in [6, 6.07) is 8.00. The maximum Gasteiger partial charge on any atom is 0.244 e. The van der Waals surface area contributed by atoms with Gasteiger partial charge in [-0.05, 0) is 56.7 Å². The summed E-state index contributed by atoms with van der Waals surface area (Å²) < 4.78 is 26.0. The average molecular weight is 569 g/mol. The lowest BCUT2D eigenvalue weighted by atomic mass is 10.1. The highest BCUT2D eigenvalue weighted by Crippen LogP contribution is 2.28. The third-order valence-electron chi connectivity index (χ3n) is 4.75. The van der Waals surface area contributed by atoms with Crippen LogP contribution >= 0.6 is 46.4 Å². The molecule has 2 rings (SSSR count). The minimum Gasteiger partial charge on any atom is -0.352 e. The van der Waals surface area contributed by atoms with Gasteiger partial charge in [-0.15, -0.1) is 0 Å². The Morgan fingerprint density at radius 3 is 2.03 bits per heavy atom. The first-order valence-corrected chi connectivity index (χ1v) is 13.5. The monoisotopic (exact) mass is 567 g/mol. The molecule has 7 nitrogen and oxygen atoms in total. The number of rotatable bonds is 9. The number of hydrogen-bond acceptors (Lipinski definition) is 4. The summed E-state index contributed by atoms with van der Waals surface area (Å²) in [5.74, 6) is -1.00. The Morgan fingerprint density at radius 2 is 1.53 bits per heavy atom. The number of benzene rings is 2. The molecule has 34 heavy (non-hydrogen) atoms. The van der Waals surface area contributed by atoms with Crippen LogP contribution in [0.15, 0.2) is 36.4 Å². The molecule has 12 heteroatoms. The van der Waals surface area contributed by atoms with Crippen molar-refractivity contribution in [3.05, 3.63) is 62.1 Å². The van der Waals surface area contributed by atoms with Crippen LogP contribution in [0.25, 0.3) is 0 Å². The van der Waals surface area contributed by atoms with E-state index >= 15 is 0 Å². The maximum absolute atomic E-state index is 13.4. The minimum absolute atomic E-state index is 0.00366. The van der Waals surface area contributed by atoms with Gasteiger partial charge in [-0.3, -0.25) is 13.9 Å². The Labute approximate surface area is 220 Å². The van der Waals surface area contributed by atoms with E-state index < -0.39 is 28.5 Å². The van der Waals surface area contributed by atoms with E-state index in [4.69, 9.17) is 46.4 Å². The second-order valence-electron chi connectivity index (χ2n) is 8.01. The number of carbonyl (C=O) groups excluding carboxylic acids is 2. The van der Waals surface area contributed by atoms with Crippen molar-refractivity contribution >= 4 is 73.9 Å². The molecule has 0 aliphatic carbocycles. The van der Waals surface area contributed by atoms with Crippen LogP contribution in [0.3, 0.4) is 0 Å². The van der Waals surface area contributed by atoms with E-state index in [1.807, 2.05) is 0 Å². The van der Waals surface area contributed by atoms with Gasteiger partial charge in [-0.1, -0.05) is 52.5 Å². The lowest BCUT2D eigenvalue weighted by Crippen LogP contribution is -2.52. The second-order valence-corrected chi connectivity index (χ2v) is 11.6. The first-order chi connectivity index (χ1) is 15.7. The molecule has 1 atom stereocenters.